The van der Waals surface area contributed by atoms with E-state index in [0.717, 1.165) is 48.7 Å². The quantitative estimate of drug-likeness (QED) is 0.850. The number of rotatable bonds is 6. The van der Waals surface area contributed by atoms with Crippen LogP contribution in [0.1, 0.15) is 18.4 Å². The van der Waals surface area contributed by atoms with Crippen molar-refractivity contribution in [2.24, 2.45) is 0 Å². The van der Waals surface area contributed by atoms with Gasteiger partial charge < -0.3 is 19.5 Å². The van der Waals surface area contributed by atoms with Gasteiger partial charge in [0, 0.05) is 43.7 Å². The molecule has 0 aromatic heterocycles. The standard InChI is InChI=1S/C19H26N2O4/c1-23-17-9-14(10-18(11-17)24-2)12-21-6-3-16(13-21)20-19(22)15-4-7-25-8-5-15/h4,9-11,16H,3,5-8,12-13H2,1-2H3,(H,20,22). The Balaban J connectivity index is 1.54. The average molecular weight is 346 g/mol. The highest BCUT2D eigenvalue weighted by Gasteiger charge is 2.25. The number of hydrogen-bond acceptors (Lipinski definition) is 5. The number of carbonyl (C=O) groups excluding carboxylic acids is 1. The lowest BCUT2D eigenvalue weighted by Crippen LogP contribution is -2.38. The number of benzene rings is 1. The van der Waals surface area contributed by atoms with Crippen LogP contribution in [0, 0.1) is 0 Å². The van der Waals surface area contributed by atoms with Crippen LogP contribution in [0.15, 0.2) is 29.8 Å². The molecule has 6 heteroatoms. The number of nitrogens with one attached hydrogen (secondary N) is 1. The van der Waals surface area contributed by atoms with Crippen molar-refractivity contribution in [2.45, 2.75) is 25.4 Å². The zero-order valence-electron chi connectivity index (χ0n) is 14.9. The second kappa shape index (κ2) is 8.36. The Hall–Kier alpha value is -2.05. The molecule has 25 heavy (non-hydrogen) atoms. The normalized spacial score (nSPS) is 20.9. The third-order valence-corrected chi connectivity index (χ3v) is 4.68. The minimum atomic E-state index is 0.0539. The maximum atomic E-state index is 12.3. The first-order chi connectivity index (χ1) is 12.2. The summed E-state index contributed by atoms with van der Waals surface area (Å²) in [5, 5.41) is 3.16. The molecule has 1 unspecified atom stereocenters. The lowest BCUT2D eigenvalue weighted by molar-refractivity contribution is -0.118. The number of carbonyl (C=O) groups is 1. The smallest absolute Gasteiger partial charge is 0.247 e. The van der Waals surface area contributed by atoms with Crippen LogP contribution in [0.2, 0.25) is 0 Å². The van der Waals surface area contributed by atoms with Gasteiger partial charge in [-0.2, -0.15) is 0 Å². The molecule has 1 aromatic rings. The summed E-state index contributed by atoms with van der Waals surface area (Å²) >= 11 is 0. The summed E-state index contributed by atoms with van der Waals surface area (Å²) in [5.41, 5.74) is 2.00. The predicted octanol–water partition coefficient (Wildman–Crippen LogP) is 1.74. The van der Waals surface area contributed by atoms with Crippen molar-refractivity contribution in [3.63, 3.8) is 0 Å². The average Bonchev–Trinajstić information content (AvgIpc) is 3.08. The molecule has 1 N–H and O–H groups in total. The van der Waals surface area contributed by atoms with Gasteiger partial charge in [-0.1, -0.05) is 6.08 Å². The van der Waals surface area contributed by atoms with E-state index in [1.54, 1.807) is 14.2 Å². The Bertz CT molecular complexity index is 622. The first kappa shape index (κ1) is 17.8. The van der Waals surface area contributed by atoms with Gasteiger partial charge in [-0.3, -0.25) is 9.69 Å². The maximum absolute atomic E-state index is 12.3. The number of amides is 1. The van der Waals surface area contributed by atoms with Crippen LogP contribution in [0.3, 0.4) is 0 Å². The molecule has 6 nitrogen and oxygen atoms in total. The molecule has 1 fully saturated rings. The Morgan fingerprint density at radius 2 is 2.04 bits per heavy atom. The Morgan fingerprint density at radius 3 is 2.68 bits per heavy atom. The van der Waals surface area contributed by atoms with E-state index in [1.165, 1.54) is 0 Å². The van der Waals surface area contributed by atoms with E-state index >= 15 is 0 Å². The fourth-order valence-electron chi connectivity index (χ4n) is 3.32. The summed E-state index contributed by atoms with van der Waals surface area (Å²) in [5.74, 6) is 1.65. The Kier molecular flexibility index (Phi) is 5.94. The Morgan fingerprint density at radius 1 is 1.28 bits per heavy atom. The van der Waals surface area contributed by atoms with Gasteiger partial charge in [-0.15, -0.1) is 0 Å². The number of nitrogens with zero attached hydrogens (tertiary/aromatic N) is 1. The van der Waals surface area contributed by atoms with Crippen molar-refractivity contribution in [3.8, 4) is 11.5 Å². The fraction of sp³-hybridized carbons (Fsp3) is 0.526. The molecule has 136 valence electrons. The molecule has 1 aromatic carbocycles. The van der Waals surface area contributed by atoms with Gasteiger partial charge in [0.15, 0.2) is 0 Å². The summed E-state index contributed by atoms with van der Waals surface area (Å²) < 4.78 is 15.9. The first-order valence-corrected chi connectivity index (χ1v) is 8.70. The molecule has 3 rings (SSSR count). The zero-order chi connectivity index (χ0) is 17.6. The van der Waals surface area contributed by atoms with Gasteiger partial charge in [0.25, 0.3) is 0 Å². The molecule has 1 amide bonds. The molecule has 2 aliphatic heterocycles. The van der Waals surface area contributed by atoms with E-state index < -0.39 is 0 Å². The van der Waals surface area contributed by atoms with E-state index in [9.17, 15) is 4.79 Å². The van der Waals surface area contributed by atoms with Crippen molar-refractivity contribution in [1.82, 2.24) is 10.2 Å². The molecule has 2 heterocycles. The van der Waals surface area contributed by atoms with Crippen molar-refractivity contribution < 1.29 is 19.0 Å². The number of likely N-dealkylation sites (tertiary alicyclic amines) is 1. The third kappa shape index (κ3) is 4.74. The molecule has 1 saturated heterocycles. The van der Waals surface area contributed by atoms with Crippen LogP contribution >= 0.6 is 0 Å². The number of methoxy groups -OCH3 is 2. The van der Waals surface area contributed by atoms with Crippen molar-refractivity contribution in [2.75, 3.05) is 40.5 Å². The van der Waals surface area contributed by atoms with Crippen LogP contribution in [-0.4, -0.2) is 57.4 Å². The molecule has 1 atom stereocenters. The van der Waals surface area contributed by atoms with Gasteiger partial charge in [-0.25, -0.2) is 0 Å². The molecule has 0 radical (unpaired) electrons. The molecule has 0 bridgehead atoms. The van der Waals surface area contributed by atoms with E-state index in [1.807, 2.05) is 24.3 Å². The summed E-state index contributed by atoms with van der Waals surface area (Å²) in [6.45, 7) is 3.81. The summed E-state index contributed by atoms with van der Waals surface area (Å²) in [6, 6.07) is 6.13. The third-order valence-electron chi connectivity index (χ3n) is 4.68. The van der Waals surface area contributed by atoms with E-state index in [4.69, 9.17) is 14.2 Å². The number of hydrogen-bond donors (Lipinski definition) is 1. The highest BCUT2D eigenvalue weighted by molar-refractivity contribution is 5.93. The van der Waals surface area contributed by atoms with Crippen LogP contribution in [0.25, 0.3) is 0 Å². The topological polar surface area (TPSA) is 60.0 Å². The summed E-state index contributed by atoms with van der Waals surface area (Å²) in [6.07, 6.45) is 3.55. The van der Waals surface area contributed by atoms with Crippen LogP contribution < -0.4 is 14.8 Å². The molecule has 0 aliphatic carbocycles. The first-order valence-electron chi connectivity index (χ1n) is 8.70. The summed E-state index contributed by atoms with van der Waals surface area (Å²) in [4.78, 5) is 14.6. The maximum Gasteiger partial charge on any atom is 0.247 e. The van der Waals surface area contributed by atoms with Gasteiger partial charge in [0.1, 0.15) is 11.5 Å². The molecular weight excluding hydrogens is 320 g/mol. The molecule has 2 aliphatic rings. The molecule has 0 saturated carbocycles. The molecule has 0 spiro atoms. The van der Waals surface area contributed by atoms with Gasteiger partial charge >= 0.3 is 0 Å². The van der Waals surface area contributed by atoms with Crippen LogP contribution in [0.5, 0.6) is 11.5 Å². The lowest BCUT2D eigenvalue weighted by Gasteiger charge is -2.19. The lowest BCUT2D eigenvalue weighted by atomic mass is 10.1. The van der Waals surface area contributed by atoms with E-state index in [-0.39, 0.29) is 11.9 Å². The zero-order valence-corrected chi connectivity index (χ0v) is 14.9. The van der Waals surface area contributed by atoms with Crippen molar-refractivity contribution in [3.05, 3.63) is 35.4 Å². The minimum absolute atomic E-state index is 0.0539. The predicted molar refractivity (Wildman–Crippen MR) is 94.9 cm³/mol. The fourth-order valence-corrected chi connectivity index (χ4v) is 3.32. The highest BCUT2D eigenvalue weighted by Crippen LogP contribution is 2.24. The van der Waals surface area contributed by atoms with Gasteiger partial charge in [-0.05, 0) is 24.1 Å². The van der Waals surface area contributed by atoms with Crippen molar-refractivity contribution in [1.29, 1.82) is 0 Å². The van der Waals surface area contributed by atoms with Crippen molar-refractivity contribution >= 4 is 5.91 Å². The second-order valence-corrected chi connectivity index (χ2v) is 6.47. The monoisotopic (exact) mass is 346 g/mol. The van der Waals surface area contributed by atoms with Crippen LogP contribution in [-0.2, 0) is 16.1 Å². The number of ether oxygens (including phenoxy) is 3. The summed E-state index contributed by atoms with van der Waals surface area (Å²) in [7, 11) is 3.32. The minimum Gasteiger partial charge on any atom is -0.497 e. The molecular formula is C19H26N2O4. The van der Waals surface area contributed by atoms with E-state index in [0.29, 0.717) is 19.6 Å². The van der Waals surface area contributed by atoms with E-state index in [2.05, 4.69) is 10.2 Å². The SMILES string of the molecule is COc1cc(CN2CCC(NC(=O)C3=CCOCC3)C2)cc(OC)c1. The van der Waals surface area contributed by atoms with Crippen LogP contribution in [0.4, 0.5) is 0 Å². The van der Waals surface area contributed by atoms with Gasteiger partial charge in [0.2, 0.25) is 5.91 Å². The highest BCUT2D eigenvalue weighted by atomic mass is 16.5. The largest absolute Gasteiger partial charge is 0.497 e. The second-order valence-electron chi connectivity index (χ2n) is 6.47. The van der Waals surface area contributed by atoms with Gasteiger partial charge in [0.05, 0.1) is 27.4 Å². The Labute approximate surface area is 148 Å².